The summed E-state index contributed by atoms with van der Waals surface area (Å²) in [7, 11) is 0. The molecule has 1 N–H and O–H groups in total. The van der Waals surface area contributed by atoms with Crippen LogP contribution in [0.2, 0.25) is 0 Å². The first kappa shape index (κ1) is 19.4. The van der Waals surface area contributed by atoms with Crippen molar-refractivity contribution in [2.24, 2.45) is 0 Å². The van der Waals surface area contributed by atoms with Gasteiger partial charge in [-0.05, 0) is 52.3 Å². The first-order valence-corrected chi connectivity index (χ1v) is 9.63. The number of hydrogen-bond donors (Lipinski definition) is 1. The number of piperazine rings is 1. The summed E-state index contributed by atoms with van der Waals surface area (Å²) in [5.74, 6) is 0.785. The molecule has 1 fully saturated rings. The van der Waals surface area contributed by atoms with E-state index in [0.717, 1.165) is 37.7 Å². The van der Waals surface area contributed by atoms with E-state index in [9.17, 15) is 4.79 Å². The Bertz CT molecular complexity index is 797. The van der Waals surface area contributed by atoms with Gasteiger partial charge in [0.25, 0.3) is 0 Å². The molecule has 1 saturated heterocycles. The van der Waals surface area contributed by atoms with Gasteiger partial charge in [0.1, 0.15) is 5.82 Å². The van der Waals surface area contributed by atoms with E-state index in [1.54, 1.807) is 0 Å². The molecule has 2 aromatic rings. The molecule has 2 heterocycles. The maximum Gasteiger partial charge on any atom is 0.239 e. The van der Waals surface area contributed by atoms with Crippen molar-refractivity contribution in [3.63, 3.8) is 0 Å². The predicted molar refractivity (Wildman–Crippen MR) is 110 cm³/mol. The first-order valence-electron chi connectivity index (χ1n) is 9.63. The molecule has 1 aliphatic rings. The van der Waals surface area contributed by atoms with Crippen molar-refractivity contribution in [2.75, 3.05) is 42.9 Å². The molecule has 0 radical (unpaired) electrons. The van der Waals surface area contributed by atoms with Crippen LogP contribution in [-0.2, 0) is 10.3 Å². The number of rotatable bonds is 4. The molecule has 146 valence electrons. The number of carbonyl (C=O) groups excluding carboxylic acids is 1. The Kier molecular flexibility index (Phi) is 5.56. The number of amides is 1. The highest BCUT2D eigenvalue weighted by Crippen LogP contribution is 2.21. The molecule has 0 spiro atoms. The monoisotopic (exact) mass is 369 g/mol. The van der Waals surface area contributed by atoms with E-state index in [2.05, 4.69) is 72.2 Å². The Balaban J connectivity index is 1.54. The van der Waals surface area contributed by atoms with Crippen molar-refractivity contribution in [1.29, 1.82) is 0 Å². The highest BCUT2D eigenvalue weighted by Gasteiger charge is 2.22. The third kappa shape index (κ3) is 4.89. The van der Waals surface area contributed by atoms with E-state index >= 15 is 0 Å². The van der Waals surface area contributed by atoms with Gasteiger partial charge in [-0.2, -0.15) is 5.10 Å². The summed E-state index contributed by atoms with van der Waals surface area (Å²) < 4.78 is 1.88. The van der Waals surface area contributed by atoms with Gasteiger partial charge in [0, 0.05) is 37.9 Å². The van der Waals surface area contributed by atoms with Gasteiger partial charge in [-0.15, -0.1) is 0 Å². The molecular weight excluding hydrogens is 338 g/mol. The lowest BCUT2D eigenvalue weighted by molar-refractivity contribution is -0.117. The molecule has 1 aromatic carbocycles. The number of nitrogens with zero attached hydrogens (tertiary/aromatic N) is 4. The second kappa shape index (κ2) is 7.72. The fourth-order valence-electron chi connectivity index (χ4n) is 3.47. The average Bonchev–Trinajstić information content (AvgIpc) is 2.96. The highest BCUT2D eigenvalue weighted by molar-refractivity contribution is 5.91. The molecule has 3 rings (SSSR count). The molecule has 0 aliphatic carbocycles. The molecule has 1 amide bonds. The zero-order valence-electron chi connectivity index (χ0n) is 17.1. The largest absolute Gasteiger partial charge is 0.369 e. The van der Waals surface area contributed by atoms with Gasteiger partial charge >= 0.3 is 0 Å². The summed E-state index contributed by atoms with van der Waals surface area (Å²) in [5.41, 5.74) is 3.28. The number of hydrogen-bond acceptors (Lipinski definition) is 4. The Morgan fingerprint density at radius 2 is 1.81 bits per heavy atom. The van der Waals surface area contributed by atoms with E-state index in [1.165, 1.54) is 11.3 Å². The van der Waals surface area contributed by atoms with Gasteiger partial charge in [0.15, 0.2) is 0 Å². The zero-order valence-corrected chi connectivity index (χ0v) is 17.1. The van der Waals surface area contributed by atoms with Crippen LogP contribution in [0.5, 0.6) is 0 Å². The van der Waals surface area contributed by atoms with Crippen LogP contribution >= 0.6 is 0 Å². The smallest absolute Gasteiger partial charge is 0.239 e. The molecule has 0 bridgehead atoms. The highest BCUT2D eigenvalue weighted by atomic mass is 16.2. The van der Waals surface area contributed by atoms with Crippen LogP contribution in [0.15, 0.2) is 30.3 Å². The summed E-state index contributed by atoms with van der Waals surface area (Å²) in [6.45, 7) is 14.4. The van der Waals surface area contributed by atoms with Crippen LogP contribution in [0.1, 0.15) is 32.0 Å². The van der Waals surface area contributed by atoms with Crippen molar-refractivity contribution >= 4 is 17.4 Å². The predicted octanol–water partition coefficient (Wildman–Crippen LogP) is 3.02. The van der Waals surface area contributed by atoms with Crippen LogP contribution in [0, 0.1) is 13.8 Å². The lowest BCUT2D eigenvalue weighted by Gasteiger charge is -2.35. The van der Waals surface area contributed by atoms with E-state index in [0.29, 0.717) is 6.54 Å². The normalized spacial score (nSPS) is 15.8. The Labute approximate surface area is 162 Å². The van der Waals surface area contributed by atoms with Gasteiger partial charge in [-0.3, -0.25) is 9.69 Å². The molecule has 0 unspecified atom stereocenters. The fraction of sp³-hybridized carbons (Fsp3) is 0.524. The molecular formula is C21H31N5O. The number of benzene rings is 1. The number of aryl methyl sites for hydroxylation is 2. The van der Waals surface area contributed by atoms with Crippen LogP contribution in [-0.4, -0.2) is 53.3 Å². The molecule has 1 aromatic heterocycles. The van der Waals surface area contributed by atoms with Crippen LogP contribution in [0.3, 0.4) is 0 Å². The van der Waals surface area contributed by atoms with Crippen molar-refractivity contribution in [3.05, 3.63) is 41.6 Å². The Morgan fingerprint density at radius 3 is 2.44 bits per heavy atom. The number of carbonyl (C=O) groups is 1. The Hall–Kier alpha value is -2.34. The van der Waals surface area contributed by atoms with Gasteiger partial charge < -0.3 is 10.2 Å². The summed E-state index contributed by atoms with van der Waals surface area (Å²) in [6.07, 6.45) is 0. The van der Waals surface area contributed by atoms with E-state index < -0.39 is 0 Å². The Morgan fingerprint density at radius 1 is 1.11 bits per heavy atom. The minimum absolute atomic E-state index is 0.0180. The second-order valence-electron chi connectivity index (χ2n) is 8.40. The van der Waals surface area contributed by atoms with Crippen molar-refractivity contribution in [2.45, 2.75) is 40.2 Å². The van der Waals surface area contributed by atoms with Gasteiger partial charge in [0.05, 0.1) is 17.8 Å². The molecule has 6 heteroatoms. The number of nitrogens with one attached hydrogen (secondary N) is 1. The van der Waals surface area contributed by atoms with Gasteiger partial charge in [-0.25, -0.2) is 4.68 Å². The lowest BCUT2D eigenvalue weighted by atomic mass is 10.1. The summed E-state index contributed by atoms with van der Waals surface area (Å²) >= 11 is 0. The van der Waals surface area contributed by atoms with Crippen molar-refractivity contribution in [1.82, 2.24) is 14.7 Å². The topological polar surface area (TPSA) is 53.4 Å². The third-order valence-electron chi connectivity index (χ3n) is 4.84. The molecule has 27 heavy (non-hydrogen) atoms. The van der Waals surface area contributed by atoms with Crippen molar-refractivity contribution < 1.29 is 4.79 Å². The summed E-state index contributed by atoms with van der Waals surface area (Å²) in [4.78, 5) is 17.2. The van der Waals surface area contributed by atoms with Gasteiger partial charge in [0.2, 0.25) is 5.91 Å². The SMILES string of the molecule is Cc1cccc(N2CCN(CC(=O)Nc3cc(C)nn3C(C)(C)C)CC2)c1. The molecule has 6 nitrogen and oxygen atoms in total. The van der Waals surface area contributed by atoms with E-state index in [1.807, 2.05) is 17.7 Å². The van der Waals surface area contributed by atoms with Crippen LogP contribution in [0.25, 0.3) is 0 Å². The maximum absolute atomic E-state index is 12.6. The molecule has 0 saturated carbocycles. The fourth-order valence-corrected chi connectivity index (χ4v) is 3.47. The van der Waals surface area contributed by atoms with Crippen LogP contribution < -0.4 is 10.2 Å². The summed E-state index contributed by atoms with van der Waals surface area (Å²) in [6, 6.07) is 10.5. The van der Waals surface area contributed by atoms with E-state index in [4.69, 9.17) is 0 Å². The minimum atomic E-state index is -0.170. The standard InChI is InChI=1S/C21H31N5O/c1-16-7-6-8-18(13-16)25-11-9-24(10-12-25)15-20(27)22-19-14-17(2)23-26(19)21(3,4)5/h6-8,13-14H,9-12,15H2,1-5H3,(H,22,27). The molecule has 0 atom stereocenters. The second-order valence-corrected chi connectivity index (χ2v) is 8.40. The van der Waals surface area contributed by atoms with Crippen molar-refractivity contribution in [3.8, 4) is 0 Å². The quantitative estimate of drug-likeness (QED) is 0.900. The third-order valence-corrected chi connectivity index (χ3v) is 4.84. The minimum Gasteiger partial charge on any atom is -0.369 e. The lowest BCUT2D eigenvalue weighted by Crippen LogP contribution is -2.48. The average molecular weight is 370 g/mol. The maximum atomic E-state index is 12.6. The van der Waals surface area contributed by atoms with Crippen LogP contribution in [0.4, 0.5) is 11.5 Å². The van der Waals surface area contributed by atoms with E-state index in [-0.39, 0.29) is 11.4 Å². The molecule has 1 aliphatic heterocycles. The number of anilines is 2. The zero-order chi connectivity index (χ0) is 19.6. The van der Waals surface area contributed by atoms with Gasteiger partial charge in [-0.1, -0.05) is 12.1 Å². The number of aromatic nitrogens is 2. The summed E-state index contributed by atoms with van der Waals surface area (Å²) in [5, 5.41) is 7.56. The first-order chi connectivity index (χ1) is 12.7.